The summed E-state index contributed by atoms with van der Waals surface area (Å²) < 4.78 is 0. The monoisotopic (exact) mass is 1340 g/mol. The van der Waals surface area contributed by atoms with E-state index in [1.165, 1.54) is 263 Å². The fraction of sp³-hybridized carbons (Fsp3) is 0.938. The molecule has 0 heterocycles. The third-order valence-electron chi connectivity index (χ3n) is 19.5. The lowest BCUT2D eigenvalue weighted by Crippen LogP contribution is -2.44. The molecule has 0 bridgehead atoms. The van der Waals surface area contributed by atoms with Crippen molar-refractivity contribution in [3.63, 3.8) is 0 Å². The molecule has 0 radical (unpaired) electrons. The predicted molar refractivity (Wildman–Crippen MR) is 410 cm³/mol. The topological polar surface area (TPSA) is 167 Å². The van der Waals surface area contributed by atoms with Gasteiger partial charge in [0.1, 0.15) is 0 Å². The molecular weight excluding hydrogens is 1180 g/mol. The van der Waals surface area contributed by atoms with Crippen LogP contribution in [-0.2, 0) is 24.0 Å². The molecule has 0 saturated carbocycles. The van der Waals surface area contributed by atoms with E-state index in [-0.39, 0.29) is 29.5 Å². The smallest absolute Gasteiger partial charge is 0.221 e. The lowest BCUT2D eigenvalue weighted by atomic mass is 10.1. The lowest BCUT2D eigenvalue weighted by Gasteiger charge is -2.30. The number of hydrogen-bond acceptors (Lipinski definition) is 9. The molecule has 0 atom stereocenters. The van der Waals surface area contributed by atoms with Gasteiger partial charge in [-0.15, -0.1) is 0 Å². The molecule has 0 aliphatic rings. The average molecular weight is 1340 g/mol. The quantitative estimate of drug-likeness (QED) is 0.0325. The average Bonchev–Trinajstić information content (AvgIpc) is 2.36. The molecule has 0 aliphatic carbocycles. The summed E-state index contributed by atoms with van der Waals surface area (Å²) in [6.07, 6.45) is 65.2. The van der Waals surface area contributed by atoms with Gasteiger partial charge >= 0.3 is 0 Å². The van der Waals surface area contributed by atoms with Crippen molar-refractivity contribution in [2.45, 2.75) is 388 Å². The lowest BCUT2D eigenvalue weighted by molar-refractivity contribution is -0.122. The summed E-state index contributed by atoms with van der Waals surface area (Å²) in [5.74, 6) is 0.387. The second-order valence-electron chi connectivity index (χ2n) is 28.7. The zero-order chi connectivity index (χ0) is 69.1. The van der Waals surface area contributed by atoms with Gasteiger partial charge in [0.2, 0.25) is 29.5 Å². The van der Waals surface area contributed by atoms with Crippen LogP contribution < -0.4 is 31.9 Å². The van der Waals surface area contributed by atoms with Gasteiger partial charge in [0.25, 0.3) is 0 Å². The summed E-state index contributed by atoms with van der Waals surface area (Å²) in [4.78, 5) is 73.6. The second-order valence-corrected chi connectivity index (χ2v) is 28.7. The Kier molecular flexibility index (Phi) is 74.7. The highest BCUT2D eigenvalue weighted by Crippen LogP contribution is 2.15. The van der Waals surface area contributed by atoms with Crippen LogP contribution in [0.15, 0.2) is 0 Å². The van der Waals surface area contributed by atoms with Crippen LogP contribution in [0.4, 0.5) is 0 Å². The number of hydrogen-bond donors (Lipinski definition) is 6. The summed E-state index contributed by atoms with van der Waals surface area (Å²) in [5.41, 5.74) is 0. The maximum Gasteiger partial charge on any atom is 0.221 e. The first kappa shape index (κ1) is 92.2. The van der Waals surface area contributed by atoms with E-state index in [9.17, 15) is 24.0 Å². The molecule has 0 aromatic rings. The summed E-state index contributed by atoms with van der Waals surface area (Å²) in [5, 5.41) is 19.6. The Morgan fingerprint density at radius 1 is 0.179 bits per heavy atom. The maximum absolute atomic E-state index is 13.5. The van der Waals surface area contributed by atoms with Crippen LogP contribution in [-0.4, -0.2) is 149 Å². The highest BCUT2D eigenvalue weighted by atomic mass is 16.2. The van der Waals surface area contributed by atoms with Gasteiger partial charge in [0, 0.05) is 137 Å². The van der Waals surface area contributed by atoms with Crippen LogP contribution in [0.5, 0.6) is 0 Å². The number of nitrogens with zero attached hydrogens (tertiary/aromatic N) is 3. The number of unbranched alkanes of at least 4 members (excludes halogenated alkanes) is 45. The Labute approximate surface area is 589 Å². The molecule has 0 fully saturated rings. The molecule has 0 aliphatic heterocycles. The van der Waals surface area contributed by atoms with Crippen molar-refractivity contribution in [3.8, 4) is 0 Å². The molecule has 0 aromatic heterocycles. The minimum atomic E-state index is 0.0639. The summed E-state index contributed by atoms with van der Waals surface area (Å²) >= 11 is 0. The predicted octanol–water partition coefficient (Wildman–Crippen LogP) is 18.6. The van der Waals surface area contributed by atoms with Gasteiger partial charge in [-0.25, -0.2) is 0 Å². The van der Waals surface area contributed by atoms with Crippen molar-refractivity contribution < 1.29 is 24.0 Å². The molecule has 0 spiro atoms. The Bertz CT molecular complexity index is 1600. The molecule has 0 saturated heterocycles. The van der Waals surface area contributed by atoms with Gasteiger partial charge in [-0.05, 0) is 32.1 Å². The molecule has 6 N–H and O–H groups in total. The van der Waals surface area contributed by atoms with Gasteiger partial charge in [-0.2, -0.15) is 0 Å². The highest BCUT2D eigenvalue weighted by molar-refractivity contribution is 5.77. The molecule has 5 amide bonds. The molecule has 562 valence electrons. The molecule has 95 heavy (non-hydrogen) atoms. The van der Waals surface area contributed by atoms with Crippen molar-refractivity contribution in [3.05, 3.63) is 0 Å². The zero-order valence-electron chi connectivity index (χ0n) is 64.1. The van der Waals surface area contributed by atoms with Crippen LogP contribution in [0.1, 0.15) is 388 Å². The van der Waals surface area contributed by atoms with Gasteiger partial charge in [-0.3, -0.25) is 24.0 Å². The van der Waals surface area contributed by atoms with Crippen molar-refractivity contribution in [1.29, 1.82) is 0 Å². The Balaban J connectivity index is 6.02. The van der Waals surface area contributed by atoms with E-state index in [0.29, 0.717) is 117 Å². The first-order valence-electron chi connectivity index (χ1n) is 41.9. The fourth-order valence-corrected chi connectivity index (χ4v) is 12.8. The van der Waals surface area contributed by atoms with E-state index < -0.39 is 0 Å². The largest absolute Gasteiger partial charge is 0.356 e. The second kappa shape index (κ2) is 76.9. The molecular formula is C81H163N9O5. The molecule has 14 nitrogen and oxygen atoms in total. The first-order chi connectivity index (χ1) is 46.7. The minimum absolute atomic E-state index is 0.0639. The van der Waals surface area contributed by atoms with Gasteiger partial charge < -0.3 is 46.6 Å². The number of carbonyl (C=O) groups is 5. The van der Waals surface area contributed by atoms with Crippen LogP contribution in [0, 0.1) is 0 Å². The van der Waals surface area contributed by atoms with Crippen LogP contribution in [0.2, 0.25) is 0 Å². The Hall–Kier alpha value is -2.81. The SMILES string of the molecule is CCCCCCCCCCCCNC(=O)CCNCCN(CCC(=O)NCCCCCCCCCCCC)CCN(CCC(=O)NCCCCCCCCCCCC)CCN(CCC(=O)NCCCCCCCCCCCC)CCC(=O)NCCCCCCCCCCCC. The van der Waals surface area contributed by atoms with E-state index in [4.69, 9.17) is 0 Å². The normalized spacial score (nSPS) is 11.6. The highest BCUT2D eigenvalue weighted by Gasteiger charge is 2.17. The van der Waals surface area contributed by atoms with Gasteiger partial charge in [0.15, 0.2) is 0 Å². The number of amides is 5. The number of carbonyl (C=O) groups excluding carboxylic acids is 5. The number of rotatable bonds is 79. The van der Waals surface area contributed by atoms with Crippen LogP contribution in [0.3, 0.4) is 0 Å². The van der Waals surface area contributed by atoms with Crippen molar-refractivity contribution in [2.24, 2.45) is 0 Å². The van der Waals surface area contributed by atoms with Gasteiger partial charge in [0.05, 0.1) is 0 Å². The minimum Gasteiger partial charge on any atom is -0.356 e. The Morgan fingerprint density at radius 2 is 0.347 bits per heavy atom. The van der Waals surface area contributed by atoms with E-state index in [1.54, 1.807) is 0 Å². The Morgan fingerprint density at radius 3 is 0.558 bits per heavy atom. The molecule has 14 heteroatoms. The standard InChI is InChI=1S/C81H163N9O5/c1-6-11-16-21-26-31-36-41-46-51-61-83-77(91)56-66-82-67-72-89(70-59-80(94)86-64-54-49-44-39-34-29-24-19-14-9-4)74-76-90(71-60-81(95)87-65-55-50-45-40-35-30-25-20-15-10-5)75-73-88(68-57-78(92)84-62-52-47-42-37-32-27-22-17-12-7-2)69-58-79(93)85-63-53-48-43-38-33-28-23-18-13-8-3/h82H,6-76H2,1-5H3,(H,83,91)(H,84,92)(H,85,93)(H,86,94)(H,87,95). The van der Waals surface area contributed by atoms with E-state index in [2.05, 4.69) is 81.2 Å². The molecule has 0 unspecified atom stereocenters. The van der Waals surface area contributed by atoms with Crippen molar-refractivity contribution in [1.82, 2.24) is 46.6 Å². The van der Waals surface area contributed by atoms with E-state index in [1.807, 2.05) is 0 Å². The first-order valence-corrected chi connectivity index (χ1v) is 41.9. The van der Waals surface area contributed by atoms with Crippen molar-refractivity contribution >= 4 is 29.5 Å². The fourth-order valence-electron chi connectivity index (χ4n) is 12.8. The van der Waals surface area contributed by atoms with Crippen LogP contribution >= 0.6 is 0 Å². The van der Waals surface area contributed by atoms with Gasteiger partial charge in [-0.1, -0.05) is 324 Å². The van der Waals surface area contributed by atoms with E-state index >= 15 is 0 Å². The summed E-state index contributed by atoms with van der Waals surface area (Å²) in [6, 6.07) is 0. The maximum atomic E-state index is 13.5. The summed E-state index contributed by atoms with van der Waals surface area (Å²) in [6.45, 7) is 22.0. The van der Waals surface area contributed by atoms with E-state index in [0.717, 1.165) is 77.4 Å². The zero-order valence-corrected chi connectivity index (χ0v) is 64.1. The van der Waals surface area contributed by atoms with Crippen LogP contribution in [0.25, 0.3) is 0 Å². The molecule has 0 rings (SSSR count). The summed E-state index contributed by atoms with van der Waals surface area (Å²) in [7, 11) is 0. The third kappa shape index (κ3) is 72.3. The molecule has 0 aromatic carbocycles. The van der Waals surface area contributed by atoms with Crippen molar-refractivity contribution in [2.75, 3.05) is 105 Å². The third-order valence-corrected chi connectivity index (χ3v) is 19.5. The number of nitrogens with one attached hydrogen (secondary N) is 6.